The van der Waals surface area contributed by atoms with E-state index in [-0.39, 0.29) is 5.91 Å². The molecule has 3 rings (SSSR count). The fraction of sp³-hybridized carbons (Fsp3) is 0.222. The number of thioether (sulfide) groups is 1. The predicted molar refractivity (Wildman–Crippen MR) is 103 cm³/mol. The monoisotopic (exact) mass is 400 g/mol. The van der Waals surface area contributed by atoms with Gasteiger partial charge in [0.1, 0.15) is 16.8 Å². The van der Waals surface area contributed by atoms with Crippen molar-refractivity contribution in [1.29, 1.82) is 5.26 Å². The van der Waals surface area contributed by atoms with Crippen molar-refractivity contribution in [3.63, 3.8) is 0 Å². The minimum Gasteiger partial charge on any atom is -0.497 e. The van der Waals surface area contributed by atoms with E-state index in [0.29, 0.717) is 28.1 Å². The van der Waals surface area contributed by atoms with Crippen LogP contribution in [0.4, 0.5) is 5.00 Å². The van der Waals surface area contributed by atoms with Gasteiger partial charge in [0.2, 0.25) is 11.8 Å². The third-order valence-electron chi connectivity index (χ3n) is 3.63. The van der Waals surface area contributed by atoms with E-state index in [1.807, 2.05) is 30.3 Å². The third kappa shape index (κ3) is 4.87. The molecule has 0 aliphatic rings. The molecule has 1 amide bonds. The Balaban J connectivity index is 1.57. The molecule has 0 bridgehead atoms. The molecule has 1 aromatic carbocycles. The van der Waals surface area contributed by atoms with Crippen LogP contribution in [-0.2, 0) is 11.2 Å². The van der Waals surface area contributed by atoms with Gasteiger partial charge in [-0.2, -0.15) is 5.26 Å². The smallest absolute Gasteiger partial charge is 0.277 e. The molecule has 1 atom stereocenters. The van der Waals surface area contributed by atoms with Gasteiger partial charge in [-0.25, -0.2) is 0 Å². The van der Waals surface area contributed by atoms with E-state index in [2.05, 4.69) is 15.5 Å². The molecule has 0 saturated carbocycles. The van der Waals surface area contributed by atoms with Crippen LogP contribution in [0.3, 0.4) is 0 Å². The lowest BCUT2D eigenvalue weighted by Gasteiger charge is -2.08. The lowest BCUT2D eigenvalue weighted by molar-refractivity contribution is -0.115. The van der Waals surface area contributed by atoms with Crippen LogP contribution in [0.15, 0.2) is 45.4 Å². The van der Waals surface area contributed by atoms with Crippen molar-refractivity contribution in [3.8, 4) is 11.8 Å². The topological polar surface area (TPSA) is 101 Å². The second-order valence-corrected chi connectivity index (χ2v) is 7.72. The number of ether oxygens (including phenoxy) is 1. The van der Waals surface area contributed by atoms with Crippen LogP contribution in [0.1, 0.15) is 23.9 Å². The Kier molecular flexibility index (Phi) is 6.11. The number of nitriles is 1. The summed E-state index contributed by atoms with van der Waals surface area (Å²) in [6.45, 7) is 1.74. The van der Waals surface area contributed by atoms with E-state index in [1.54, 1.807) is 25.5 Å². The average molecular weight is 400 g/mol. The molecule has 3 aromatic rings. The predicted octanol–water partition coefficient (Wildman–Crippen LogP) is 3.72. The lowest BCUT2D eigenvalue weighted by atomic mass is 10.1. The first-order valence-electron chi connectivity index (χ1n) is 7.99. The van der Waals surface area contributed by atoms with E-state index in [1.165, 1.54) is 23.1 Å². The number of methoxy groups -OCH3 is 1. The zero-order valence-corrected chi connectivity index (χ0v) is 16.3. The van der Waals surface area contributed by atoms with Gasteiger partial charge in [0.25, 0.3) is 5.22 Å². The molecule has 0 unspecified atom stereocenters. The number of anilines is 1. The Bertz CT molecular complexity index is 960. The number of nitrogens with one attached hydrogen (secondary N) is 1. The van der Waals surface area contributed by atoms with E-state index < -0.39 is 5.25 Å². The minimum atomic E-state index is -0.451. The molecule has 0 fully saturated rings. The Morgan fingerprint density at radius 3 is 2.85 bits per heavy atom. The van der Waals surface area contributed by atoms with E-state index in [4.69, 9.17) is 14.4 Å². The zero-order valence-electron chi connectivity index (χ0n) is 14.6. The standard InChI is InChI=1S/C18H16N4O3S2/c1-11(16(23)20-17-13(10-19)7-8-26-17)27-18-22-21-15(25-18)9-12-3-5-14(24-2)6-4-12/h3-8,11H,9H2,1-2H3,(H,20,23)/t11-/m1/s1. The molecule has 9 heteroatoms. The van der Waals surface area contributed by atoms with Crippen LogP contribution in [0.2, 0.25) is 0 Å². The highest BCUT2D eigenvalue weighted by atomic mass is 32.2. The van der Waals surface area contributed by atoms with E-state index >= 15 is 0 Å². The SMILES string of the molecule is COc1ccc(Cc2nnc(S[C@H](C)C(=O)Nc3sccc3C#N)o2)cc1. The van der Waals surface area contributed by atoms with Crippen molar-refractivity contribution >= 4 is 34.0 Å². The van der Waals surface area contributed by atoms with Crippen molar-refractivity contribution in [2.75, 3.05) is 12.4 Å². The summed E-state index contributed by atoms with van der Waals surface area (Å²) in [6.07, 6.45) is 0.499. The maximum Gasteiger partial charge on any atom is 0.277 e. The summed E-state index contributed by atoms with van der Waals surface area (Å²) in [5, 5.41) is 22.0. The Morgan fingerprint density at radius 1 is 1.37 bits per heavy atom. The Morgan fingerprint density at radius 2 is 2.15 bits per heavy atom. The Labute approximate surface area is 164 Å². The summed E-state index contributed by atoms with van der Waals surface area (Å²) in [7, 11) is 1.62. The molecular formula is C18H16N4O3S2. The summed E-state index contributed by atoms with van der Waals surface area (Å²) in [5.74, 6) is 1.03. The molecule has 2 aromatic heterocycles. The molecule has 1 N–H and O–H groups in total. The molecule has 2 heterocycles. The van der Waals surface area contributed by atoms with Gasteiger partial charge in [0.15, 0.2) is 0 Å². The maximum atomic E-state index is 12.3. The minimum absolute atomic E-state index is 0.228. The number of amides is 1. The zero-order chi connectivity index (χ0) is 19.2. The van der Waals surface area contributed by atoms with Crippen LogP contribution < -0.4 is 10.1 Å². The quantitative estimate of drug-likeness (QED) is 0.603. The number of carbonyl (C=O) groups is 1. The molecule has 7 nitrogen and oxygen atoms in total. The van der Waals surface area contributed by atoms with Crippen LogP contribution >= 0.6 is 23.1 Å². The van der Waals surface area contributed by atoms with Crippen molar-refractivity contribution in [2.24, 2.45) is 0 Å². The molecular weight excluding hydrogens is 384 g/mol. The summed E-state index contributed by atoms with van der Waals surface area (Å²) in [6, 6.07) is 11.3. The molecule has 138 valence electrons. The van der Waals surface area contributed by atoms with Gasteiger partial charge in [0, 0.05) is 0 Å². The number of hydrogen-bond donors (Lipinski definition) is 1. The summed E-state index contributed by atoms with van der Waals surface area (Å²) < 4.78 is 10.8. The van der Waals surface area contributed by atoms with Gasteiger partial charge in [-0.15, -0.1) is 21.5 Å². The lowest BCUT2D eigenvalue weighted by Crippen LogP contribution is -2.22. The van der Waals surface area contributed by atoms with Gasteiger partial charge in [-0.1, -0.05) is 23.9 Å². The van der Waals surface area contributed by atoms with Crippen LogP contribution in [0.25, 0.3) is 0 Å². The molecule has 0 radical (unpaired) electrons. The van der Waals surface area contributed by atoms with Crippen LogP contribution in [0.5, 0.6) is 5.75 Å². The highest BCUT2D eigenvalue weighted by Gasteiger charge is 2.20. The Hall–Kier alpha value is -2.83. The second-order valence-electron chi connectivity index (χ2n) is 5.51. The maximum absolute atomic E-state index is 12.3. The molecule has 0 spiro atoms. The molecule has 0 aliphatic carbocycles. The van der Waals surface area contributed by atoms with Gasteiger partial charge >= 0.3 is 0 Å². The highest BCUT2D eigenvalue weighted by molar-refractivity contribution is 8.00. The van der Waals surface area contributed by atoms with E-state index in [9.17, 15) is 4.79 Å². The first-order valence-corrected chi connectivity index (χ1v) is 9.75. The van der Waals surface area contributed by atoms with Crippen molar-refractivity contribution < 1.29 is 13.9 Å². The second kappa shape index (κ2) is 8.70. The van der Waals surface area contributed by atoms with E-state index in [0.717, 1.165) is 11.3 Å². The number of thiophene rings is 1. The highest BCUT2D eigenvalue weighted by Crippen LogP contribution is 2.26. The van der Waals surface area contributed by atoms with Gasteiger partial charge in [-0.05, 0) is 36.1 Å². The normalized spacial score (nSPS) is 11.6. The number of nitrogens with zero attached hydrogens (tertiary/aromatic N) is 3. The van der Waals surface area contributed by atoms with Gasteiger partial charge in [-0.3, -0.25) is 4.79 Å². The number of aromatic nitrogens is 2. The molecule has 27 heavy (non-hydrogen) atoms. The number of rotatable bonds is 7. The third-order valence-corrected chi connectivity index (χ3v) is 5.40. The van der Waals surface area contributed by atoms with Crippen molar-refractivity contribution in [3.05, 3.63) is 52.7 Å². The van der Waals surface area contributed by atoms with Gasteiger partial charge in [0.05, 0.1) is 24.3 Å². The van der Waals surface area contributed by atoms with Crippen LogP contribution in [0, 0.1) is 11.3 Å². The first-order chi connectivity index (χ1) is 13.1. The van der Waals surface area contributed by atoms with Crippen molar-refractivity contribution in [2.45, 2.75) is 23.8 Å². The first kappa shape index (κ1) is 18.9. The fourth-order valence-electron chi connectivity index (χ4n) is 2.19. The number of benzene rings is 1. The molecule has 0 saturated heterocycles. The van der Waals surface area contributed by atoms with Crippen molar-refractivity contribution in [1.82, 2.24) is 10.2 Å². The average Bonchev–Trinajstić information content (AvgIpc) is 3.31. The summed E-state index contributed by atoms with van der Waals surface area (Å²) in [5.41, 5.74) is 1.47. The molecule has 0 aliphatic heterocycles. The van der Waals surface area contributed by atoms with Gasteiger partial charge < -0.3 is 14.5 Å². The fourth-order valence-corrected chi connectivity index (χ4v) is 3.63. The number of hydrogen-bond acceptors (Lipinski definition) is 8. The number of carbonyl (C=O) groups excluding carboxylic acids is 1. The summed E-state index contributed by atoms with van der Waals surface area (Å²) >= 11 is 2.48. The largest absolute Gasteiger partial charge is 0.497 e. The summed E-state index contributed by atoms with van der Waals surface area (Å²) in [4.78, 5) is 12.3. The van der Waals surface area contributed by atoms with Crippen LogP contribution in [-0.4, -0.2) is 28.5 Å².